The molecule has 0 fully saturated rings. The summed E-state index contributed by atoms with van der Waals surface area (Å²) in [6, 6.07) is 14.2. The zero-order valence-electron chi connectivity index (χ0n) is 19.6. The number of anilines is 1. The van der Waals surface area contributed by atoms with Crippen LogP contribution in [0.1, 0.15) is 21.7 Å². The van der Waals surface area contributed by atoms with Crippen molar-refractivity contribution >= 4 is 39.9 Å². The van der Waals surface area contributed by atoms with E-state index in [0.717, 1.165) is 24.0 Å². The molecule has 0 aliphatic rings. The molecule has 0 spiro atoms. The summed E-state index contributed by atoms with van der Waals surface area (Å²) in [7, 11) is -1.03. The van der Waals surface area contributed by atoms with Crippen LogP contribution in [-0.4, -0.2) is 45.1 Å². The van der Waals surface area contributed by atoms with Crippen LogP contribution < -0.4 is 45.2 Å². The first kappa shape index (κ1) is 28.9. The molecule has 2 amide bonds. The number of furan rings is 1. The molecule has 0 bridgehead atoms. The monoisotopic (exact) mass is 522 g/mol. The summed E-state index contributed by atoms with van der Waals surface area (Å²) in [5.74, 6) is -2.27. The third-order valence-electron chi connectivity index (χ3n) is 4.51. The van der Waals surface area contributed by atoms with Crippen LogP contribution in [0.25, 0.3) is 6.08 Å². The number of amides is 2. The molecule has 0 aliphatic carbocycles. The predicted octanol–water partition coefficient (Wildman–Crippen LogP) is -0.686. The van der Waals surface area contributed by atoms with Crippen molar-refractivity contribution in [3.63, 3.8) is 0 Å². The first-order chi connectivity index (χ1) is 16.5. The average molecular weight is 522 g/mol. The molecule has 2 N–H and O–H groups in total. The Hall–Kier alpha value is -3.29. The van der Waals surface area contributed by atoms with Gasteiger partial charge in [-0.2, -0.15) is 5.10 Å². The van der Waals surface area contributed by atoms with Crippen LogP contribution in [0.3, 0.4) is 0 Å². The van der Waals surface area contributed by atoms with Gasteiger partial charge in [0, 0.05) is 25.3 Å². The molecule has 182 valence electrons. The molecular formula is C23H20FN4NaO6S. The molecule has 13 heteroatoms. The van der Waals surface area contributed by atoms with Gasteiger partial charge in [-0.25, -0.2) is 18.2 Å². The van der Waals surface area contributed by atoms with E-state index in [0.29, 0.717) is 5.56 Å². The van der Waals surface area contributed by atoms with Crippen molar-refractivity contribution in [1.29, 1.82) is 0 Å². The van der Waals surface area contributed by atoms with Gasteiger partial charge in [0.15, 0.2) is 10.1 Å². The Morgan fingerprint density at radius 1 is 1.08 bits per heavy atom. The van der Waals surface area contributed by atoms with Gasteiger partial charge in [-0.1, -0.05) is 18.2 Å². The van der Waals surface area contributed by atoms with Gasteiger partial charge in [0.05, 0.1) is 6.21 Å². The molecule has 0 aliphatic heterocycles. The van der Waals surface area contributed by atoms with Crippen molar-refractivity contribution in [3.8, 4) is 0 Å². The molecule has 0 radical (unpaired) electrons. The smallest absolute Gasteiger partial charge is 0.742 e. The molecule has 3 aromatic rings. The van der Waals surface area contributed by atoms with E-state index in [9.17, 15) is 27.0 Å². The number of benzene rings is 2. The van der Waals surface area contributed by atoms with Crippen LogP contribution in [0.2, 0.25) is 0 Å². The molecule has 0 unspecified atom stereocenters. The average Bonchev–Trinajstić information content (AvgIpc) is 3.28. The molecule has 3 rings (SSSR count). The van der Waals surface area contributed by atoms with E-state index >= 15 is 0 Å². The fraction of sp³-hybridized carbons (Fsp3) is 0.0870. The molecule has 0 saturated carbocycles. The standard InChI is InChI=1S/C23H21FN4O6S.Na/c1-28(2)18-8-6-15(7-9-18)12-20(26-22(29)16-4-3-5-17(24)13-16)23(30)27-25-14-19-10-11-21(34-19)35(31,32)33;/h3-14H,1-2H3,(H,26,29)(H,27,30)(H,31,32,33);/q;+1/p-1. The Bertz CT molecular complexity index is 1400. The van der Waals surface area contributed by atoms with Crippen molar-refractivity contribution in [2.75, 3.05) is 19.0 Å². The van der Waals surface area contributed by atoms with Gasteiger partial charge in [-0.15, -0.1) is 0 Å². The number of hydrogen-bond donors (Lipinski definition) is 2. The van der Waals surface area contributed by atoms with Crippen molar-refractivity contribution in [1.82, 2.24) is 10.7 Å². The van der Waals surface area contributed by atoms with Crippen molar-refractivity contribution in [2.45, 2.75) is 5.09 Å². The fourth-order valence-corrected chi connectivity index (χ4v) is 3.20. The van der Waals surface area contributed by atoms with Crippen molar-refractivity contribution < 1.29 is 60.9 Å². The minimum Gasteiger partial charge on any atom is -0.742 e. The number of halogens is 1. The van der Waals surface area contributed by atoms with Crippen LogP contribution in [0.5, 0.6) is 0 Å². The summed E-state index contributed by atoms with van der Waals surface area (Å²) < 4.78 is 51.2. The second-order valence-corrected chi connectivity index (χ2v) is 8.63. The van der Waals surface area contributed by atoms with E-state index in [-0.39, 0.29) is 46.6 Å². The SMILES string of the molecule is CN(C)c1ccc(C=C(NC(=O)c2cccc(F)c2)C(=O)NN=Cc2ccc(S(=O)(=O)[O-])o2)cc1.[Na+]. The summed E-state index contributed by atoms with van der Waals surface area (Å²) in [6.07, 6.45) is 2.38. The Morgan fingerprint density at radius 2 is 1.78 bits per heavy atom. The summed E-state index contributed by atoms with van der Waals surface area (Å²) >= 11 is 0. The second kappa shape index (κ2) is 12.6. The molecule has 10 nitrogen and oxygen atoms in total. The Kier molecular flexibility index (Phi) is 10.1. The zero-order chi connectivity index (χ0) is 25.6. The molecule has 0 atom stereocenters. The van der Waals surface area contributed by atoms with Crippen LogP contribution >= 0.6 is 0 Å². The molecule has 36 heavy (non-hydrogen) atoms. The maximum Gasteiger partial charge on any atom is 1.00 e. The minimum atomic E-state index is -4.77. The van der Waals surface area contributed by atoms with E-state index in [4.69, 9.17) is 4.42 Å². The molecule has 1 aromatic heterocycles. The van der Waals surface area contributed by atoms with E-state index in [1.807, 2.05) is 31.1 Å². The quantitative estimate of drug-likeness (QED) is 0.131. The Balaban J connectivity index is 0.00000456. The van der Waals surface area contributed by atoms with Crippen LogP contribution in [-0.2, 0) is 14.9 Å². The predicted molar refractivity (Wildman–Crippen MR) is 125 cm³/mol. The van der Waals surface area contributed by atoms with Gasteiger partial charge in [-0.3, -0.25) is 9.59 Å². The summed E-state index contributed by atoms with van der Waals surface area (Å²) in [6.45, 7) is 0. The molecule has 0 saturated heterocycles. The Labute approximate surface area is 228 Å². The fourth-order valence-electron chi connectivity index (χ4n) is 2.77. The minimum absolute atomic E-state index is 0. The van der Waals surface area contributed by atoms with E-state index in [1.165, 1.54) is 30.3 Å². The largest absolute Gasteiger partial charge is 1.00 e. The summed E-state index contributed by atoms with van der Waals surface area (Å²) in [5.41, 5.74) is 3.47. The third-order valence-corrected chi connectivity index (χ3v) is 5.22. The maximum absolute atomic E-state index is 13.5. The topological polar surface area (TPSA) is 144 Å². The van der Waals surface area contributed by atoms with Gasteiger partial charge < -0.3 is 19.2 Å². The number of carbonyl (C=O) groups excluding carboxylic acids is 2. The Morgan fingerprint density at radius 3 is 2.36 bits per heavy atom. The number of nitrogens with zero attached hydrogens (tertiary/aromatic N) is 2. The number of hydrazone groups is 1. The normalized spacial score (nSPS) is 11.6. The number of nitrogens with one attached hydrogen (secondary N) is 2. The van der Waals surface area contributed by atoms with Gasteiger partial charge in [0.2, 0.25) is 5.09 Å². The van der Waals surface area contributed by atoms with Crippen molar-refractivity contribution in [2.24, 2.45) is 5.10 Å². The maximum atomic E-state index is 13.5. The summed E-state index contributed by atoms with van der Waals surface area (Å²) in [5, 5.41) is 5.29. The number of carbonyl (C=O) groups is 2. The molecule has 2 aromatic carbocycles. The van der Waals surface area contributed by atoms with Gasteiger partial charge >= 0.3 is 29.6 Å². The summed E-state index contributed by atoms with van der Waals surface area (Å²) in [4.78, 5) is 27.2. The van der Waals surface area contributed by atoms with E-state index in [2.05, 4.69) is 15.8 Å². The zero-order valence-corrected chi connectivity index (χ0v) is 22.4. The van der Waals surface area contributed by atoms with Crippen LogP contribution in [0.15, 0.2) is 81.0 Å². The van der Waals surface area contributed by atoms with Gasteiger partial charge in [0.25, 0.3) is 11.8 Å². The van der Waals surface area contributed by atoms with Gasteiger partial charge in [0.1, 0.15) is 17.3 Å². The first-order valence-corrected chi connectivity index (χ1v) is 11.4. The number of hydrogen-bond acceptors (Lipinski definition) is 8. The van der Waals surface area contributed by atoms with E-state index in [1.54, 1.807) is 12.1 Å². The number of rotatable bonds is 8. The molecular weight excluding hydrogens is 502 g/mol. The first-order valence-electron chi connectivity index (χ1n) is 9.98. The van der Waals surface area contributed by atoms with Crippen LogP contribution in [0, 0.1) is 5.82 Å². The second-order valence-electron chi connectivity index (χ2n) is 7.32. The van der Waals surface area contributed by atoms with Crippen LogP contribution in [0.4, 0.5) is 10.1 Å². The van der Waals surface area contributed by atoms with Gasteiger partial charge in [-0.05, 0) is 54.1 Å². The van der Waals surface area contributed by atoms with E-state index < -0.39 is 32.8 Å². The van der Waals surface area contributed by atoms with Crippen molar-refractivity contribution in [3.05, 3.63) is 89.1 Å². The third kappa shape index (κ3) is 8.14. The molecule has 1 heterocycles.